The van der Waals surface area contributed by atoms with Gasteiger partial charge in [0.25, 0.3) is 5.78 Å². The van der Waals surface area contributed by atoms with Crippen molar-refractivity contribution in [3.05, 3.63) is 95.1 Å². The van der Waals surface area contributed by atoms with Crippen molar-refractivity contribution >= 4 is 11.7 Å². The van der Waals surface area contributed by atoms with Crippen LogP contribution in [0.5, 0.6) is 0 Å². The Balaban J connectivity index is 1.43. The van der Waals surface area contributed by atoms with Crippen molar-refractivity contribution in [1.29, 1.82) is 0 Å². The molecular formula is C24H25N5O. The lowest BCUT2D eigenvalue weighted by atomic mass is 9.88. The number of fused-ring (bicyclic) bond motifs is 1. The van der Waals surface area contributed by atoms with Gasteiger partial charge in [-0.3, -0.25) is 4.79 Å². The molecule has 0 aliphatic carbocycles. The van der Waals surface area contributed by atoms with Crippen molar-refractivity contribution in [2.75, 3.05) is 6.54 Å². The first kappa shape index (κ1) is 19.8. The van der Waals surface area contributed by atoms with Crippen molar-refractivity contribution in [2.24, 2.45) is 0 Å². The molecule has 6 heteroatoms. The molecule has 0 spiro atoms. The van der Waals surface area contributed by atoms with E-state index in [-0.39, 0.29) is 18.2 Å². The molecule has 2 aromatic heterocycles. The summed E-state index contributed by atoms with van der Waals surface area (Å²) in [6.45, 7) is 4.45. The highest BCUT2D eigenvalue weighted by Gasteiger charge is 2.16. The molecule has 1 N–H and O–H groups in total. The molecule has 2 heterocycles. The Kier molecular flexibility index (Phi) is 5.84. The van der Waals surface area contributed by atoms with Gasteiger partial charge in [-0.2, -0.15) is 10.1 Å². The number of nitrogens with one attached hydrogen (secondary N) is 1. The first-order chi connectivity index (χ1) is 14.6. The number of rotatable bonds is 7. The maximum atomic E-state index is 12.7. The van der Waals surface area contributed by atoms with E-state index in [0.29, 0.717) is 12.3 Å². The molecule has 2 aromatic carbocycles. The first-order valence-electron chi connectivity index (χ1n) is 10.2. The molecule has 0 aliphatic heterocycles. The fourth-order valence-electron chi connectivity index (χ4n) is 3.89. The second kappa shape index (κ2) is 8.86. The van der Waals surface area contributed by atoms with E-state index in [2.05, 4.69) is 68.9 Å². The zero-order valence-corrected chi connectivity index (χ0v) is 17.2. The highest BCUT2D eigenvalue weighted by atomic mass is 16.1. The van der Waals surface area contributed by atoms with E-state index in [9.17, 15) is 4.79 Å². The smallest absolute Gasteiger partial charge is 0.252 e. The maximum absolute atomic E-state index is 12.7. The molecule has 4 aromatic rings. The van der Waals surface area contributed by atoms with E-state index in [1.54, 1.807) is 4.52 Å². The highest BCUT2D eigenvalue weighted by Crippen LogP contribution is 2.27. The molecule has 152 valence electrons. The molecule has 0 radical (unpaired) electrons. The Morgan fingerprint density at radius 2 is 1.63 bits per heavy atom. The van der Waals surface area contributed by atoms with Gasteiger partial charge < -0.3 is 5.32 Å². The molecule has 30 heavy (non-hydrogen) atoms. The summed E-state index contributed by atoms with van der Waals surface area (Å²) in [5.74, 6) is 0.786. The van der Waals surface area contributed by atoms with Gasteiger partial charge in [0.1, 0.15) is 6.33 Å². The highest BCUT2D eigenvalue weighted by molar-refractivity contribution is 5.79. The second-order valence-electron chi connectivity index (χ2n) is 7.42. The summed E-state index contributed by atoms with van der Waals surface area (Å²) < 4.78 is 1.68. The first-order valence-corrected chi connectivity index (χ1v) is 10.2. The normalized spacial score (nSPS) is 11.2. The Hall–Kier alpha value is -3.54. The molecule has 0 saturated carbocycles. The summed E-state index contributed by atoms with van der Waals surface area (Å²) >= 11 is 0. The molecule has 1 amide bonds. The average molecular weight is 399 g/mol. The van der Waals surface area contributed by atoms with E-state index < -0.39 is 0 Å². The van der Waals surface area contributed by atoms with Crippen molar-refractivity contribution < 1.29 is 4.79 Å². The van der Waals surface area contributed by atoms with Gasteiger partial charge in [-0.15, -0.1) is 0 Å². The van der Waals surface area contributed by atoms with Gasteiger partial charge in [-0.25, -0.2) is 9.50 Å². The molecule has 0 unspecified atom stereocenters. The standard InChI is InChI=1S/C24H25N5O/c1-17-22(18(2)29-24(28-17)26-16-27-29)15-23(30)25-14-13-21(19-9-5-3-6-10-19)20-11-7-4-8-12-20/h3-12,16,21H,13-15H2,1-2H3,(H,25,30). The molecule has 4 rings (SSSR count). The van der Waals surface area contributed by atoms with Crippen LogP contribution >= 0.6 is 0 Å². The third-order valence-electron chi connectivity index (χ3n) is 5.49. The van der Waals surface area contributed by atoms with Crippen LogP contribution in [-0.4, -0.2) is 32.0 Å². The maximum Gasteiger partial charge on any atom is 0.252 e. The molecular weight excluding hydrogens is 374 g/mol. The van der Waals surface area contributed by atoms with Crippen LogP contribution in [0.25, 0.3) is 5.78 Å². The van der Waals surface area contributed by atoms with E-state index in [1.807, 2.05) is 26.0 Å². The third kappa shape index (κ3) is 4.22. The van der Waals surface area contributed by atoms with Crippen LogP contribution in [0.1, 0.15) is 40.4 Å². The van der Waals surface area contributed by atoms with E-state index in [0.717, 1.165) is 23.4 Å². The number of carbonyl (C=O) groups is 1. The Morgan fingerprint density at radius 3 is 2.27 bits per heavy atom. The van der Waals surface area contributed by atoms with Gasteiger partial charge >= 0.3 is 0 Å². The predicted octanol–water partition coefficient (Wildman–Crippen LogP) is 3.62. The van der Waals surface area contributed by atoms with Crippen molar-refractivity contribution in [3.63, 3.8) is 0 Å². The Labute approximate surface area is 176 Å². The van der Waals surface area contributed by atoms with Crippen LogP contribution < -0.4 is 5.32 Å². The van der Waals surface area contributed by atoms with Crippen LogP contribution in [0.2, 0.25) is 0 Å². The summed E-state index contributed by atoms with van der Waals surface area (Å²) in [6.07, 6.45) is 2.59. The zero-order chi connectivity index (χ0) is 20.9. The lowest BCUT2D eigenvalue weighted by molar-refractivity contribution is -0.120. The van der Waals surface area contributed by atoms with Crippen LogP contribution in [0, 0.1) is 13.8 Å². The van der Waals surface area contributed by atoms with E-state index in [1.165, 1.54) is 17.5 Å². The predicted molar refractivity (Wildman–Crippen MR) is 116 cm³/mol. The summed E-state index contributed by atoms with van der Waals surface area (Å²) in [7, 11) is 0. The van der Waals surface area contributed by atoms with Gasteiger partial charge in [0.15, 0.2) is 0 Å². The van der Waals surface area contributed by atoms with E-state index >= 15 is 0 Å². The number of aromatic nitrogens is 4. The minimum Gasteiger partial charge on any atom is -0.356 e. The Bertz CT molecular complexity index is 1100. The lowest BCUT2D eigenvalue weighted by Crippen LogP contribution is -2.28. The Morgan fingerprint density at radius 1 is 1.00 bits per heavy atom. The van der Waals surface area contributed by atoms with Gasteiger partial charge in [-0.1, -0.05) is 60.7 Å². The summed E-state index contributed by atoms with van der Waals surface area (Å²) in [4.78, 5) is 21.2. The second-order valence-corrected chi connectivity index (χ2v) is 7.42. The molecule has 0 saturated heterocycles. The van der Waals surface area contributed by atoms with Gasteiger partial charge in [-0.05, 0) is 31.4 Å². The minimum atomic E-state index is -0.0117. The quantitative estimate of drug-likeness (QED) is 0.515. The number of nitrogens with zero attached hydrogens (tertiary/aromatic N) is 4. The summed E-state index contributed by atoms with van der Waals surface area (Å²) in [5, 5.41) is 7.28. The van der Waals surface area contributed by atoms with Crippen LogP contribution in [0.3, 0.4) is 0 Å². The summed E-state index contributed by atoms with van der Waals surface area (Å²) in [6, 6.07) is 20.9. The monoisotopic (exact) mass is 399 g/mol. The van der Waals surface area contributed by atoms with Gasteiger partial charge in [0.05, 0.1) is 6.42 Å². The number of hydrogen-bond donors (Lipinski definition) is 1. The number of carbonyl (C=O) groups excluding carboxylic acids is 1. The van der Waals surface area contributed by atoms with Gasteiger partial charge in [0, 0.05) is 29.4 Å². The molecule has 6 nitrogen and oxygen atoms in total. The van der Waals surface area contributed by atoms with Crippen LogP contribution in [0.4, 0.5) is 0 Å². The SMILES string of the molecule is Cc1nc2ncnn2c(C)c1CC(=O)NCCC(c1ccccc1)c1ccccc1. The fraction of sp³-hybridized carbons (Fsp3) is 0.250. The number of hydrogen-bond acceptors (Lipinski definition) is 4. The molecule has 0 fully saturated rings. The van der Waals surface area contributed by atoms with Crippen LogP contribution in [0.15, 0.2) is 67.0 Å². The van der Waals surface area contributed by atoms with Gasteiger partial charge in [0.2, 0.25) is 5.91 Å². The average Bonchev–Trinajstić information content (AvgIpc) is 3.24. The molecule has 0 atom stereocenters. The number of amides is 1. The molecule has 0 aliphatic rings. The largest absolute Gasteiger partial charge is 0.356 e. The lowest BCUT2D eigenvalue weighted by Gasteiger charge is -2.18. The van der Waals surface area contributed by atoms with Crippen LogP contribution in [-0.2, 0) is 11.2 Å². The third-order valence-corrected chi connectivity index (χ3v) is 5.49. The number of benzene rings is 2. The van der Waals surface area contributed by atoms with Crippen molar-refractivity contribution in [2.45, 2.75) is 32.6 Å². The number of aryl methyl sites for hydroxylation is 2. The summed E-state index contributed by atoms with van der Waals surface area (Å²) in [5.41, 5.74) is 5.12. The van der Waals surface area contributed by atoms with Crippen molar-refractivity contribution in [3.8, 4) is 0 Å². The van der Waals surface area contributed by atoms with Crippen molar-refractivity contribution in [1.82, 2.24) is 24.9 Å². The van der Waals surface area contributed by atoms with E-state index in [4.69, 9.17) is 0 Å². The minimum absolute atomic E-state index is 0.0117. The molecule has 0 bridgehead atoms. The fourth-order valence-corrected chi connectivity index (χ4v) is 3.89. The zero-order valence-electron chi connectivity index (χ0n) is 17.2. The topological polar surface area (TPSA) is 72.2 Å².